The Labute approximate surface area is 230 Å². The van der Waals surface area contributed by atoms with Crippen molar-refractivity contribution in [2.75, 3.05) is 14.1 Å². The molecule has 0 fully saturated rings. The van der Waals surface area contributed by atoms with Gasteiger partial charge in [0.1, 0.15) is 11.6 Å². The van der Waals surface area contributed by atoms with Crippen LogP contribution < -0.4 is 22.1 Å². The van der Waals surface area contributed by atoms with Crippen LogP contribution in [0, 0.1) is 5.82 Å². The standard InChI is InChI=1S/C30H31FN6O3/c1-17(32)16-30(28-35-29(40)37(36-28)23-10-8-22(31)9-11-23)24-12-6-20(26(38)33-2)14-18(24)4-5-19-15-21(27(39)34-3)7-13-25(19)30/h6-15,17H,4-5,16,32H2,1-3H3,(H,33,38)(H,34,39)(H,35,36,40)/t17-/m0/s1. The SMILES string of the molecule is CNC(=O)c1ccc2c(c1)CCc1cc(C(=O)NC)ccc1C2(C[C@H](C)N)c1nn(-c2ccc(F)cc2)c(=O)[nH]1. The highest BCUT2D eigenvalue weighted by Gasteiger charge is 2.45. The van der Waals surface area contributed by atoms with E-state index in [0.717, 1.165) is 22.3 Å². The third kappa shape index (κ3) is 4.60. The summed E-state index contributed by atoms with van der Waals surface area (Å²) in [6.45, 7) is 1.89. The van der Waals surface area contributed by atoms with Crippen LogP contribution in [0.5, 0.6) is 0 Å². The highest BCUT2D eigenvalue weighted by Crippen LogP contribution is 2.46. The maximum Gasteiger partial charge on any atom is 0.348 e. The number of rotatable bonds is 6. The molecule has 10 heteroatoms. The largest absolute Gasteiger partial charge is 0.355 e. The fourth-order valence-electron chi connectivity index (χ4n) is 5.75. The molecule has 0 unspecified atom stereocenters. The first-order valence-electron chi connectivity index (χ1n) is 13.1. The number of carbonyl (C=O) groups is 2. The summed E-state index contributed by atoms with van der Waals surface area (Å²) in [5.41, 5.74) is 9.98. The van der Waals surface area contributed by atoms with Crippen molar-refractivity contribution in [1.29, 1.82) is 0 Å². The lowest BCUT2D eigenvalue weighted by Crippen LogP contribution is -2.38. The fraction of sp³-hybridized carbons (Fsp3) is 0.267. The van der Waals surface area contributed by atoms with Crippen LogP contribution in [-0.2, 0) is 18.3 Å². The molecule has 0 bridgehead atoms. The number of hydrogen-bond acceptors (Lipinski definition) is 5. The number of halogens is 1. The number of nitrogens with two attached hydrogens (primary N) is 1. The van der Waals surface area contributed by atoms with Crippen LogP contribution in [0.1, 0.15) is 62.1 Å². The number of aryl methyl sites for hydroxylation is 2. The highest BCUT2D eigenvalue weighted by molar-refractivity contribution is 5.95. The van der Waals surface area contributed by atoms with Crippen LogP contribution >= 0.6 is 0 Å². The molecular formula is C30H31FN6O3. The average molecular weight is 543 g/mol. The lowest BCUT2D eigenvalue weighted by molar-refractivity contribution is 0.0955. The Balaban J connectivity index is 1.83. The number of nitrogens with zero attached hydrogens (tertiary/aromatic N) is 2. The van der Waals surface area contributed by atoms with E-state index in [1.165, 1.54) is 28.9 Å². The van der Waals surface area contributed by atoms with Crippen LogP contribution in [0.4, 0.5) is 4.39 Å². The summed E-state index contributed by atoms with van der Waals surface area (Å²) in [5.74, 6) is -0.480. The summed E-state index contributed by atoms with van der Waals surface area (Å²) in [4.78, 5) is 41.3. The molecule has 40 heavy (non-hydrogen) atoms. The van der Waals surface area contributed by atoms with Gasteiger partial charge in [-0.1, -0.05) is 12.1 Å². The summed E-state index contributed by atoms with van der Waals surface area (Å²) >= 11 is 0. The minimum Gasteiger partial charge on any atom is -0.355 e. The number of carbonyl (C=O) groups excluding carboxylic acids is 2. The monoisotopic (exact) mass is 542 g/mol. The molecule has 1 heterocycles. The van der Waals surface area contributed by atoms with Crippen LogP contribution in [-0.4, -0.2) is 46.7 Å². The number of hydrogen-bond donors (Lipinski definition) is 4. The van der Waals surface area contributed by atoms with E-state index < -0.39 is 16.9 Å². The van der Waals surface area contributed by atoms with E-state index in [2.05, 4.69) is 15.6 Å². The van der Waals surface area contributed by atoms with Gasteiger partial charge in [-0.15, -0.1) is 5.10 Å². The number of fused-ring (bicyclic) bond motifs is 2. The van der Waals surface area contributed by atoms with Crippen molar-refractivity contribution in [1.82, 2.24) is 25.4 Å². The second-order valence-corrected chi connectivity index (χ2v) is 10.2. The lowest BCUT2D eigenvalue weighted by Gasteiger charge is -2.36. The zero-order valence-electron chi connectivity index (χ0n) is 22.5. The number of aromatic amines is 1. The van der Waals surface area contributed by atoms with Crippen LogP contribution in [0.15, 0.2) is 65.5 Å². The molecule has 1 atom stereocenters. The van der Waals surface area contributed by atoms with E-state index in [1.54, 1.807) is 26.2 Å². The molecule has 9 nitrogen and oxygen atoms in total. The van der Waals surface area contributed by atoms with Crippen LogP contribution in [0.25, 0.3) is 5.69 Å². The molecule has 1 aliphatic carbocycles. The van der Waals surface area contributed by atoms with Gasteiger partial charge in [-0.2, -0.15) is 4.68 Å². The predicted octanol–water partition coefficient (Wildman–Crippen LogP) is 2.59. The van der Waals surface area contributed by atoms with Crippen molar-refractivity contribution in [3.63, 3.8) is 0 Å². The average Bonchev–Trinajstić information content (AvgIpc) is 3.29. The molecule has 0 spiro atoms. The van der Waals surface area contributed by atoms with Gasteiger partial charge in [0.05, 0.1) is 11.1 Å². The number of amides is 2. The van der Waals surface area contributed by atoms with E-state index in [1.807, 2.05) is 31.2 Å². The molecule has 0 saturated heterocycles. The van der Waals surface area contributed by atoms with Crippen molar-refractivity contribution < 1.29 is 14.0 Å². The zero-order chi connectivity index (χ0) is 28.6. The molecular weight excluding hydrogens is 511 g/mol. The molecule has 206 valence electrons. The van der Waals surface area contributed by atoms with Crippen LogP contribution in [0.3, 0.4) is 0 Å². The summed E-state index contributed by atoms with van der Waals surface area (Å²) in [6, 6.07) is 16.2. The Morgan fingerprint density at radius 1 is 0.975 bits per heavy atom. The summed E-state index contributed by atoms with van der Waals surface area (Å²) < 4.78 is 14.8. The van der Waals surface area contributed by atoms with Crippen molar-refractivity contribution >= 4 is 11.8 Å². The van der Waals surface area contributed by atoms with E-state index in [4.69, 9.17) is 10.8 Å². The summed E-state index contributed by atoms with van der Waals surface area (Å²) in [7, 11) is 3.16. The number of aromatic nitrogens is 3. The van der Waals surface area contributed by atoms with Crippen molar-refractivity contribution in [2.24, 2.45) is 5.73 Å². The molecule has 3 aromatic carbocycles. The molecule has 1 aliphatic rings. The maximum atomic E-state index is 13.6. The number of H-pyrrole nitrogens is 1. The quantitative estimate of drug-likeness (QED) is 0.297. The first-order chi connectivity index (χ1) is 19.2. The first kappa shape index (κ1) is 27.0. The minimum absolute atomic E-state index is 0.210. The Kier molecular flexibility index (Phi) is 7.12. The van der Waals surface area contributed by atoms with E-state index >= 15 is 0 Å². The van der Waals surface area contributed by atoms with E-state index in [0.29, 0.717) is 41.9 Å². The second kappa shape index (κ2) is 10.5. The third-order valence-corrected chi connectivity index (χ3v) is 7.49. The Morgan fingerprint density at radius 2 is 1.50 bits per heavy atom. The smallest absolute Gasteiger partial charge is 0.348 e. The molecule has 5 N–H and O–H groups in total. The van der Waals surface area contributed by atoms with Crippen molar-refractivity contribution in [3.05, 3.63) is 116 Å². The van der Waals surface area contributed by atoms with Gasteiger partial charge in [0.25, 0.3) is 11.8 Å². The normalized spacial score (nSPS) is 14.4. The molecule has 0 saturated carbocycles. The predicted molar refractivity (Wildman–Crippen MR) is 149 cm³/mol. The van der Waals surface area contributed by atoms with Crippen molar-refractivity contribution in [3.8, 4) is 5.69 Å². The van der Waals surface area contributed by atoms with Gasteiger partial charge in [0.2, 0.25) is 0 Å². The minimum atomic E-state index is -1.01. The summed E-state index contributed by atoms with van der Waals surface area (Å²) in [6.07, 6.45) is 1.56. The highest BCUT2D eigenvalue weighted by atomic mass is 19.1. The molecule has 1 aromatic heterocycles. The molecule has 2 amide bonds. The Hall–Kier alpha value is -4.57. The molecule has 5 rings (SSSR count). The molecule has 4 aromatic rings. The first-order valence-corrected chi connectivity index (χ1v) is 13.1. The van der Waals surface area contributed by atoms with Gasteiger partial charge in [0.15, 0.2) is 0 Å². The van der Waals surface area contributed by atoms with E-state index in [-0.39, 0.29) is 17.9 Å². The van der Waals surface area contributed by atoms with E-state index in [9.17, 15) is 18.8 Å². The van der Waals surface area contributed by atoms with Crippen molar-refractivity contribution in [2.45, 2.75) is 37.6 Å². The topological polar surface area (TPSA) is 135 Å². The fourth-order valence-corrected chi connectivity index (χ4v) is 5.75. The second-order valence-electron chi connectivity index (χ2n) is 10.2. The lowest BCUT2D eigenvalue weighted by atomic mass is 9.68. The summed E-state index contributed by atoms with van der Waals surface area (Å²) in [5, 5.41) is 10.1. The Bertz CT molecular complexity index is 1590. The Morgan fingerprint density at radius 3 is 1.98 bits per heavy atom. The van der Waals surface area contributed by atoms with Gasteiger partial charge in [-0.25, -0.2) is 9.18 Å². The van der Waals surface area contributed by atoms with Gasteiger partial charge >= 0.3 is 5.69 Å². The third-order valence-electron chi connectivity index (χ3n) is 7.49. The maximum absolute atomic E-state index is 13.6. The van der Waals surface area contributed by atoms with Gasteiger partial charge in [0, 0.05) is 31.3 Å². The van der Waals surface area contributed by atoms with Gasteiger partial charge < -0.3 is 16.4 Å². The molecule has 0 aliphatic heterocycles. The molecule has 0 radical (unpaired) electrons. The zero-order valence-corrected chi connectivity index (χ0v) is 22.5. The van der Waals surface area contributed by atoms with Crippen LogP contribution in [0.2, 0.25) is 0 Å². The number of nitrogens with one attached hydrogen (secondary N) is 3. The van der Waals surface area contributed by atoms with Gasteiger partial charge in [-0.3, -0.25) is 14.6 Å². The van der Waals surface area contributed by atoms with Gasteiger partial charge in [-0.05, 0) is 97.0 Å². The number of benzene rings is 3.